The lowest BCUT2D eigenvalue weighted by Gasteiger charge is -2.04. The molecule has 1 fully saturated rings. The average Bonchev–Trinajstić information content (AvgIpc) is 2.52. The number of allylic oxidation sites excluding steroid dienone is 1. The van der Waals surface area contributed by atoms with Gasteiger partial charge in [-0.2, -0.15) is 5.26 Å². The molecule has 0 aliphatic heterocycles. The third kappa shape index (κ3) is 2.47. The third-order valence-electron chi connectivity index (χ3n) is 1.82. The summed E-state index contributed by atoms with van der Waals surface area (Å²) in [6.45, 7) is 0. The molecule has 0 aromatic carbocycles. The SMILES string of the molecule is N#CC(=CO)SC1CCCC1. The van der Waals surface area contributed by atoms with E-state index < -0.39 is 0 Å². The van der Waals surface area contributed by atoms with Crippen molar-refractivity contribution in [2.45, 2.75) is 30.9 Å². The first kappa shape index (κ1) is 8.48. The van der Waals surface area contributed by atoms with Gasteiger partial charge in [-0.05, 0) is 12.8 Å². The van der Waals surface area contributed by atoms with Gasteiger partial charge < -0.3 is 5.11 Å². The Balaban J connectivity index is 2.35. The molecule has 0 bridgehead atoms. The molecule has 3 heteroatoms. The van der Waals surface area contributed by atoms with Crippen molar-refractivity contribution in [1.82, 2.24) is 0 Å². The molecule has 0 aromatic heterocycles. The molecule has 0 atom stereocenters. The summed E-state index contributed by atoms with van der Waals surface area (Å²) in [5.41, 5.74) is 0. The maximum Gasteiger partial charge on any atom is 0.119 e. The van der Waals surface area contributed by atoms with E-state index in [4.69, 9.17) is 10.4 Å². The number of aliphatic hydroxyl groups excluding tert-OH is 1. The second-order valence-corrected chi connectivity index (χ2v) is 3.97. The lowest BCUT2D eigenvalue weighted by molar-refractivity contribution is 0.473. The molecule has 1 aliphatic rings. The van der Waals surface area contributed by atoms with Crippen LogP contribution < -0.4 is 0 Å². The quantitative estimate of drug-likeness (QED) is 0.510. The van der Waals surface area contributed by atoms with Gasteiger partial charge in [0.25, 0.3) is 0 Å². The second kappa shape index (κ2) is 4.30. The fourth-order valence-corrected chi connectivity index (χ4v) is 2.31. The Hall–Kier alpha value is -0.620. The zero-order valence-electron chi connectivity index (χ0n) is 6.29. The molecule has 60 valence electrons. The van der Waals surface area contributed by atoms with Crippen molar-refractivity contribution >= 4 is 11.8 Å². The van der Waals surface area contributed by atoms with Gasteiger partial charge in [-0.1, -0.05) is 12.8 Å². The van der Waals surface area contributed by atoms with Crippen molar-refractivity contribution in [3.8, 4) is 6.07 Å². The Morgan fingerprint density at radius 3 is 2.64 bits per heavy atom. The van der Waals surface area contributed by atoms with Gasteiger partial charge in [-0.15, -0.1) is 11.8 Å². The van der Waals surface area contributed by atoms with Gasteiger partial charge in [-0.25, -0.2) is 0 Å². The molecule has 0 unspecified atom stereocenters. The van der Waals surface area contributed by atoms with E-state index in [1.54, 1.807) is 0 Å². The van der Waals surface area contributed by atoms with Gasteiger partial charge in [0.1, 0.15) is 17.2 Å². The standard InChI is InChI=1S/C8H11NOS/c9-5-8(6-10)11-7-3-1-2-4-7/h6-7,10H,1-4H2. The number of nitriles is 1. The van der Waals surface area contributed by atoms with Crippen LogP contribution in [0.2, 0.25) is 0 Å². The number of aliphatic hydroxyl groups is 1. The van der Waals surface area contributed by atoms with E-state index in [1.165, 1.54) is 37.4 Å². The Morgan fingerprint density at radius 2 is 2.18 bits per heavy atom. The molecular weight excluding hydrogens is 158 g/mol. The Kier molecular flexibility index (Phi) is 3.31. The van der Waals surface area contributed by atoms with Crippen molar-refractivity contribution in [1.29, 1.82) is 5.26 Å². The summed E-state index contributed by atoms with van der Waals surface area (Å²) in [6, 6.07) is 1.95. The number of thioether (sulfide) groups is 1. The third-order valence-corrected chi connectivity index (χ3v) is 3.08. The van der Waals surface area contributed by atoms with Crippen molar-refractivity contribution in [3.63, 3.8) is 0 Å². The van der Waals surface area contributed by atoms with E-state index in [9.17, 15) is 0 Å². The second-order valence-electron chi connectivity index (χ2n) is 2.63. The first-order valence-electron chi connectivity index (χ1n) is 3.78. The largest absolute Gasteiger partial charge is 0.514 e. The highest BCUT2D eigenvalue weighted by molar-refractivity contribution is 8.03. The number of rotatable bonds is 2. The number of hydrogen-bond acceptors (Lipinski definition) is 3. The predicted octanol–water partition coefficient (Wildman–Crippen LogP) is 2.59. The van der Waals surface area contributed by atoms with Crippen molar-refractivity contribution in [2.24, 2.45) is 0 Å². The van der Waals surface area contributed by atoms with Crippen LogP contribution >= 0.6 is 11.8 Å². The zero-order chi connectivity index (χ0) is 8.10. The first-order chi connectivity index (χ1) is 5.36. The minimum absolute atomic E-state index is 0.442. The summed E-state index contributed by atoms with van der Waals surface area (Å²) < 4.78 is 0. The van der Waals surface area contributed by atoms with Crippen LogP contribution in [0.4, 0.5) is 0 Å². The molecule has 1 rings (SSSR count). The summed E-state index contributed by atoms with van der Waals surface area (Å²) in [5, 5.41) is 17.6. The van der Waals surface area contributed by atoms with Crippen LogP contribution in [0.25, 0.3) is 0 Å². The lowest BCUT2D eigenvalue weighted by Crippen LogP contribution is -1.93. The van der Waals surface area contributed by atoms with E-state index >= 15 is 0 Å². The van der Waals surface area contributed by atoms with Crippen LogP contribution in [0, 0.1) is 11.3 Å². The summed E-state index contributed by atoms with van der Waals surface area (Å²) >= 11 is 1.50. The van der Waals surface area contributed by atoms with Crippen LogP contribution in [-0.2, 0) is 0 Å². The van der Waals surface area contributed by atoms with Crippen molar-refractivity contribution in [3.05, 3.63) is 11.2 Å². The van der Waals surface area contributed by atoms with Crippen LogP contribution in [-0.4, -0.2) is 10.4 Å². The topological polar surface area (TPSA) is 44.0 Å². The summed E-state index contributed by atoms with van der Waals surface area (Å²) in [7, 11) is 0. The fraction of sp³-hybridized carbons (Fsp3) is 0.625. The van der Waals surface area contributed by atoms with E-state index in [2.05, 4.69) is 0 Å². The van der Waals surface area contributed by atoms with Gasteiger partial charge in [0.2, 0.25) is 0 Å². The van der Waals surface area contributed by atoms with Crippen molar-refractivity contribution in [2.75, 3.05) is 0 Å². The normalized spacial score (nSPS) is 20.1. The highest BCUT2D eigenvalue weighted by Gasteiger charge is 2.16. The highest BCUT2D eigenvalue weighted by atomic mass is 32.2. The van der Waals surface area contributed by atoms with Crippen molar-refractivity contribution < 1.29 is 5.11 Å². The lowest BCUT2D eigenvalue weighted by atomic mass is 10.4. The molecule has 0 amide bonds. The molecule has 0 aromatic rings. The van der Waals surface area contributed by atoms with Crippen LogP contribution in [0.1, 0.15) is 25.7 Å². The number of hydrogen-bond donors (Lipinski definition) is 1. The minimum Gasteiger partial charge on any atom is -0.514 e. The maximum atomic E-state index is 8.58. The molecule has 0 heterocycles. The van der Waals surface area contributed by atoms with E-state index in [-0.39, 0.29) is 0 Å². The molecule has 1 saturated carbocycles. The molecule has 11 heavy (non-hydrogen) atoms. The minimum atomic E-state index is 0.442. The molecule has 1 N–H and O–H groups in total. The van der Waals surface area contributed by atoms with Gasteiger partial charge in [0, 0.05) is 5.25 Å². The molecule has 1 aliphatic carbocycles. The van der Waals surface area contributed by atoms with Gasteiger partial charge in [0.15, 0.2) is 0 Å². The average molecular weight is 169 g/mol. The smallest absolute Gasteiger partial charge is 0.119 e. The molecule has 0 spiro atoms. The van der Waals surface area contributed by atoms with E-state index in [0.717, 1.165) is 6.26 Å². The summed E-state index contributed by atoms with van der Waals surface area (Å²) in [4.78, 5) is 0.442. The van der Waals surface area contributed by atoms with Crippen LogP contribution in [0.15, 0.2) is 11.2 Å². The summed E-state index contributed by atoms with van der Waals surface area (Å²) in [6.07, 6.45) is 5.81. The van der Waals surface area contributed by atoms with Crippen LogP contribution in [0.3, 0.4) is 0 Å². The molecule has 2 nitrogen and oxygen atoms in total. The van der Waals surface area contributed by atoms with Gasteiger partial charge >= 0.3 is 0 Å². The highest BCUT2D eigenvalue weighted by Crippen LogP contribution is 2.33. The van der Waals surface area contributed by atoms with Gasteiger partial charge in [-0.3, -0.25) is 0 Å². The maximum absolute atomic E-state index is 8.58. The van der Waals surface area contributed by atoms with Crippen LogP contribution in [0.5, 0.6) is 0 Å². The fourth-order valence-electron chi connectivity index (χ4n) is 1.27. The molecule has 0 saturated heterocycles. The predicted molar refractivity (Wildman–Crippen MR) is 46.2 cm³/mol. The monoisotopic (exact) mass is 169 g/mol. The Labute approximate surface area is 70.9 Å². The molecular formula is C8H11NOS. The number of nitrogens with zero attached hydrogens (tertiary/aromatic N) is 1. The van der Waals surface area contributed by atoms with E-state index in [1.807, 2.05) is 6.07 Å². The summed E-state index contributed by atoms with van der Waals surface area (Å²) in [5.74, 6) is 0. The van der Waals surface area contributed by atoms with Gasteiger partial charge in [0.05, 0.1) is 0 Å². The zero-order valence-corrected chi connectivity index (χ0v) is 7.10. The first-order valence-corrected chi connectivity index (χ1v) is 4.66. The molecule has 0 radical (unpaired) electrons. The Morgan fingerprint density at radius 1 is 1.55 bits per heavy atom. The van der Waals surface area contributed by atoms with E-state index in [0.29, 0.717) is 10.2 Å². The Bertz CT molecular complexity index is 189.